The van der Waals surface area contributed by atoms with Crippen molar-refractivity contribution in [2.45, 2.75) is 63.3 Å². The van der Waals surface area contributed by atoms with Crippen LogP contribution in [-0.2, 0) is 14.3 Å². The second-order valence-electron chi connectivity index (χ2n) is 5.51. The van der Waals surface area contributed by atoms with Crippen molar-refractivity contribution in [1.29, 1.82) is 0 Å². The van der Waals surface area contributed by atoms with Crippen molar-refractivity contribution < 1.29 is 14.3 Å². The maximum atomic E-state index is 11.8. The number of hydrogen-bond acceptors (Lipinski definition) is 4. The Hall–Kier alpha value is -0.650. The molecule has 0 radical (unpaired) electrons. The Balaban J connectivity index is 2.03. The summed E-state index contributed by atoms with van der Waals surface area (Å²) in [5, 5.41) is 3.40. The van der Waals surface area contributed by atoms with Crippen LogP contribution in [0.4, 0.5) is 0 Å². The van der Waals surface area contributed by atoms with E-state index in [2.05, 4.69) is 19.2 Å². The van der Waals surface area contributed by atoms with Crippen LogP contribution < -0.4 is 11.1 Å². The first-order valence-corrected chi connectivity index (χ1v) is 6.87. The van der Waals surface area contributed by atoms with E-state index < -0.39 is 11.3 Å². The first-order valence-electron chi connectivity index (χ1n) is 6.87. The lowest BCUT2D eigenvalue weighted by molar-refractivity contribution is -0.187. The van der Waals surface area contributed by atoms with Crippen LogP contribution in [0.25, 0.3) is 0 Å². The smallest absolute Gasteiger partial charge is 0.237 e. The molecule has 2 rings (SSSR count). The second-order valence-corrected chi connectivity index (χ2v) is 5.51. The van der Waals surface area contributed by atoms with Crippen LogP contribution in [0, 0.1) is 0 Å². The molecular formula is C13H24N2O3. The van der Waals surface area contributed by atoms with Crippen molar-refractivity contribution in [1.82, 2.24) is 5.32 Å². The largest absolute Gasteiger partial charge is 0.368 e. The molecule has 2 fully saturated rings. The number of nitrogens with one attached hydrogen (secondary N) is 1. The highest BCUT2D eigenvalue weighted by atomic mass is 16.7. The van der Waals surface area contributed by atoms with Crippen LogP contribution in [0.15, 0.2) is 0 Å². The Morgan fingerprint density at radius 1 is 1.28 bits per heavy atom. The fraction of sp³-hybridized carbons (Fsp3) is 0.923. The third-order valence-corrected chi connectivity index (χ3v) is 4.29. The molecule has 1 aliphatic heterocycles. The topological polar surface area (TPSA) is 73.6 Å². The Labute approximate surface area is 108 Å². The molecule has 0 aromatic rings. The maximum absolute atomic E-state index is 11.8. The molecule has 1 spiro atoms. The summed E-state index contributed by atoms with van der Waals surface area (Å²) in [7, 11) is 0. The summed E-state index contributed by atoms with van der Waals surface area (Å²) in [6.45, 7) is 5.49. The van der Waals surface area contributed by atoms with Gasteiger partial charge in [-0.3, -0.25) is 4.79 Å². The monoisotopic (exact) mass is 256 g/mol. The van der Waals surface area contributed by atoms with Gasteiger partial charge in [-0.2, -0.15) is 0 Å². The Bertz CT molecular complexity index is 303. The first-order chi connectivity index (χ1) is 8.52. The highest BCUT2D eigenvalue weighted by molar-refractivity contribution is 5.84. The molecule has 1 unspecified atom stereocenters. The van der Waals surface area contributed by atoms with E-state index in [-0.39, 0.29) is 11.9 Å². The minimum atomic E-state index is -0.587. The Morgan fingerprint density at radius 3 is 2.28 bits per heavy atom. The van der Waals surface area contributed by atoms with Crippen LogP contribution in [0.2, 0.25) is 0 Å². The third kappa shape index (κ3) is 2.53. The highest BCUT2D eigenvalue weighted by Crippen LogP contribution is 2.40. The van der Waals surface area contributed by atoms with Crippen LogP contribution in [0.3, 0.4) is 0 Å². The van der Waals surface area contributed by atoms with Crippen molar-refractivity contribution in [2.24, 2.45) is 5.73 Å². The van der Waals surface area contributed by atoms with Crippen molar-refractivity contribution in [2.75, 3.05) is 13.2 Å². The van der Waals surface area contributed by atoms with Gasteiger partial charge in [0.2, 0.25) is 5.91 Å². The zero-order valence-corrected chi connectivity index (χ0v) is 11.3. The number of nitrogens with two attached hydrogens (primary N) is 1. The molecule has 2 aliphatic rings. The van der Waals surface area contributed by atoms with Gasteiger partial charge in [0.15, 0.2) is 5.79 Å². The van der Waals surface area contributed by atoms with Crippen molar-refractivity contribution in [3.63, 3.8) is 0 Å². The molecule has 104 valence electrons. The second kappa shape index (κ2) is 5.15. The van der Waals surface area contributed by atoms with Gasteiger partial charge >= 0.3 is 0 Å². The number of hydrogen-bond donors (Lipinski definition) is 2. The van der Waals surface area contributed by atoms with Gasteiger partial charge in [0.1, 0.15) is 0 Å². The van der Waals surface area contributed by atoms with Gasteiger partial charge in [-0.1, -0.05) is 6.92 Å². The molecular weight excluding hydrogens is 232 g/mol. The van der Waals surface area contributed by atoms with Gasteiger partial charge in [0.05, 0.1) is 18.8 Å². The lowest BCUT2D eigenvalue weighted by Gasteiger charge is -2.43. The first kappa shape index (κ1) is 13.8. The minimum absolute atomic E-state index is 0.254. The minimum Gasteiger partial charge on any atom is -0.368 e. The lowest BCUT2D eigenvalue weighted by Crippen LogP contribution is -2.61. The van der Waals surface area contributed by atoms with E-state index in [1.807, 2.05) is 0 Å². The van der Waals surface area contributed by atoms with Gasteiger partial charge < -0.3 is 20.5 Å². The summed E-state index contributed by atoms with van der Waals surface area (Å²) in [4.78, 5) is 11.8. The van der Waals surface area contributed by atoms with Crippen molar-refractivity contribution in [3.05, 3.63) is 0 Å². The molecule has 0 aromatic heterocycles. The van der Waals surface area contributed by atoms with Gasteiger partial charge in [0, 0.05) is 18.9 Å². The third-order valence-electron chi connectivity index (χ3n) is 4.29. The molecule has 18 heavy (non-hydrogen) atoms. The average Bonchev–Trinajstić information content (AvgIpc) is 2.81. The van der Waals surface area contributed by atoms with Gasteiger partial charge in [-0.15, -0.1) is 0 Å². The lowest BCUT2D eigenvalue weighted by atomic mass is 9.77. The summed E-state index contributed by atoms with van der Waals surface area (Å²) in [5.41, 5.74) is 5.02. The maximum Gasteiger partial charge on any atom is 0.237 e. The zero-order chi connectivity index (χ0) is 13.2. The number of amides is 1. The molecule has 5 heteroatoms. The van der Waals surface area contributed by atoms with Crippen LogP contribution >= 0.6 is 0 Å². The quantitative estimate of drug-likeness (QED) is 0.784. The molecule has 1 saturated heterocycles. The van der Waals surface area contributed by atoms with Crippen LogP contribution in [0.1, 0.15) is 46.0 Å². The van der Waals surface area contributed by atoms with Gasteiger partial charge in [-0.05, 0) is 26.2 Å². The predicted octanol–water partition coefficient (Wildman–Crippen LogP) is 0.916. The van der Waals surface area contributed by atoms with Gasteiger partial charge in [-0.25, -0.2) is 0 Å². The van der Waals surface area contributed by atoms with E-state index in [0.717, 1.165) is 19.3 Å². The van der Waals surface area contributed by atoms with E-state index in [1.54, 1.807) is 0 Å². The van der Waals surface area contributed by atoms with E-state index in [4.69, 9.17) is 15.2 Å². The van der Waals surface area contributed by atoms with Gasteiger partial charge in [0.25, 0.3) is 0 Å². The summed E-state index contributed by atoms with van der Waals surface area (Å²) >= 11 is 0. The fourth-order valence-corrected chi connectivity index (χ4v) is 2.88. The Morgan fingerprint density at radius 2 is 1.83 bits per heavy atom. The molecule has 1 aliphatic carbocycles. The predicted molar refractivity (Wildman–Crippen MR) is 67.9 cm³/mol. The average molecular weight is 256 g/mol. The van der Waals surface area contributed by atoms with Crippen LogP contribution in [0.5, 0.6) is 0 Å². The summed E-state index contributed by atoms with van der Waals surface area (Å²) in [5.74, 6) is -0.702. The number of carbonyl (C=O) groups excluding carboxylic acids is 1. The van der Waals surface area contributed by atoms with E-state index >= 15 is 0 Å². The number of carbonyl (C=O) groups is 1. The van der Waals surface area contributed by atoms with Crippen LogP contribution in [-0.4, -0.2) is 36.5 Å². The standard InChI is InChI=1S/C13H24N2O3/c1-3-10(2)15-12(11(14)16)4-6-13(7-5-12)17-8-9-18-13/h10,15H,3-9H2,1-2H3,(H2,14,16). The molecule has 1 atom stereocenters. The van der Waals surface area contributed by atoms with E-state index in [1.165, 1.54) is 0 Å². The normalized spacial score (nSPS) is 27.2. The number of rotatable bonds is 4. The number of primary amides is 1. The molecule has 1 saturated carbocycles. The summed E-state index contributed by atoms with van der Waals surface area (Å²) in [6, 6.07) is 0.289. The molecule has 5 nitrogen and oxygen atoms in total. The van der Waals surface area contributed by atoms with E-state index in [0.29, 0.717) is 26.1 Å². The zero-order valence-electron chi connectivity index (χ0n) is 11.3. The highest BCUT2D eigenvalue weighted by Gasteiger charge is 2.49. The van der Waals surface area contributed by atoms with Crippen molar-refractivity contribution in [3.8, 4) is 0 Å². The fourth-order valence-electron chi connectivity index (χ4n) is 2.88. The molecule has 0 aromatic carbocycles. The molecule has 3 N–H and O–H groups in total. The molecule has 1 heterocycles. The SMILES string of the molecule is CCC(C)NC1(C(N)=O)CCC2(CC1)OCCO2. The van der Waals surface area contributed by atoms with E-state index in [9.17, 15) is 4.79 Å². The van der Waals surface area contributed by atoms with Crippen molar-refractivity contribution >= 4 is 5.91 Å². The Kier molecular flexibility index (Phi) is 3.94. The molecule has 0 bridgehead atoms. The number of ether oxygens (including phenoxy) is 2. The summed E-state index contributed by atoms with van der Waals surface area (Å²) < 4.78 is 11.4. The molecule has 1 amide bonds. The summed E-state index contributed by atoms with van der Waals surface area (Å²) in [6.07, 6.45) is 3.82.